The van der Waals surface area contributed by atoms with E-state index in [1.54, 1.807) is 0 Å². The smallest absolute Gasteiger partial charge is 0.306 e. The summed E-state index contributed by atoms with van der Waals surface area (Å²) in [4.78, 5) is 27.6. The average Bonchev–Trinajstić information content (AvgIpc) is 2.80. The Hall–Kier alpha value is -3.41. The molecule has 1 fully saturated rings. The summed E-state index contributed by atoms with van der Waals surface area (Å²) >= 11 is 0. The fourth-order valence-electron chi connectivity index (χ4n) is 3.99. The van der Waals surface area contributed by atoms with Crippen LogP contribution >= 0.6 is 0 Å². The van der Waals surface area contributed by atoms with Crippen molar-refractivity contribution in [3.8, 4) is 5.75 Å². The average molecular weight is 435 g/mol. The van der Waals surface area contributed by atoms with Crippen LogP contribution in [0.15, 0.2) is 65.2 Å². The van der Waals surface area contributed by atoms with Crippen LogP contribution in [0.4, 0.5) is 0 Å². The fourth-order valence-corrected chi connectivity index (χ4v) is 3.99. The molecule has 168 valence electrons. The number of benzene rings is 2. The molecule has 0 spiro atoms. The third-order valence-corrected chi connectivity index (χ3v) is 5.73. The lowest BCUT2D eigenvalue weighted by atomic mass is 9.87. The first-order valence-electron chi connectivity index (χ1n) is 10.9. The Morgan fingerprint density at radius 2 is 1.84 bits per heavy atom. The summed E-state index contributed by atoms with van der Waals surface area (Å²) in [6.07, 6.45) is 3.24. The van der Waals surface area contributed by atoms with Crippen LogP contribution < -0.4 is 10.1 Å². The summed E-state index contributed by atoms with van der Waals surface area (Å²) in [6.45, 7) is 5.99. The maximum atomic E-state index is 12.2. The standard InChI is InChI=1S/C26H30N2O4/c1-18(17-28-24(29)15-19-7-4-3-5-8-19)25(27-2)20-11-13-22(14-12-20)32-23-10-6-9-21(16-23)26(30)31/h3-5,7-8,11-14,21,23H,2,6,9-10,15-17H2,1H3,(H,28,29)(H,30,31)/b25-18+/t21-,23-/m0/s1. The molecule has 32 heavy (non-hydrogen) atoms. The zero-order chi connectivity index (χ0) is 22.9. The molecule has 0 aliphatic heterocycles. The fraction of sp³-hybridized carbons (Fsp3) is 0.346. The molecule has 1 aliphatic rings. The third-order valence-electron chi connectivity index (χ3n) is 5.73. The van der Waals surface area contributed by atoms with Crippen LogP contribution in [0, 0.1) is 5.92 Å². The zero-order valence-corrected chi connectivity index (χ0v) is 18.4. The zero-order valence-electron chi connectivity index (χ0n) is 18.4. The molecule has 0 unspecified atom stereocenters. The SMILES string of the molecule is C=N/C(=C(\C)CNC(=O)Cc1ccccc1)c1ccc(O[C@H]2CCC[C@H](C(=O)O)C2)cc1. The van der Waals surface area contributed by atoms with Gasteiger partial charge in [0, 0.05) is 12.1 Å². The van der Waals surface area contributed by atoms with E-state index in [0.717, 1.165) is 35.2 Å². The largest absolute Gasteiger partial charge is 0.490 e. The minimum absolute atomic E-state index is 0.0464. The van der Waals surface area contributed by atoms with Crippen LogP contribution in [-0.2, 0) is 16.0 Å². The van der Waals surface area contributed by atoms with Gasteiger partial charge in [-0.3, -0.25) is 14.6 Å². The summed E-state index contributed by atoms with van der Waals surface area (Å²) < 4.78 is 6.02. The minimum atomic E-state index is -0.744. The molecule has 2 atom stereocenters. The number of carboxylic acid groups (broad SMARTS) is 1. The van der Waals surface area contributed by atoms with Gasteiger partial charge in [-0.05, 0) is 74.7 Å². The predicted octanol–water partition coefficient (Wildman–Crippen LogP) is 4.50. The molecule has 1 aliphatic carbocycles. The van der Waals surface area contributed by atoms with Crippen molar-refractivity contribution in [3.05, 3.63) is 71.3 Å². The highest BCUT2D eigenvalue weighted by Crippen LogP contribution is 2.29. The molecular weight excluding hydrogens is 404 g/mol. The monoisotopic (exact) mass is 434 g/mol. The topological polar surface area (TPSA) is 88.0 Å². The van der Waals surface area contributed by atoms with Crippen molar-refractivity contribution in [1.82, 2.24) is 5.32 Å². The molecule has 6 heteroatoms. The van der Waals surface area contributed by atoms with Gasteiger partial charge in [-0.15, -0.1) is 0 Å². The van der Waals surface area contributed by atoms with E-state index in [2.05, 4.69) is 17.0 Å². The highest BCUT2D eigenvalue weighted by atomic mass is 16.5. The molecule has 6 nitrogen and oxygen atoms in total. The van der Waals surface area contributed by atoms with E-state index in [1.165, 1.54) is 0 Å². The summed E-state index contributed by atoms with van der Waals surface area (Å²) in [5, 5.41) is 12.2. The Balaban J connectivity index is 1.58. The molecule has 1 amide bonds. The summed E-state index contributed by atoms with van der Waals surface area (Å²) in [5.41, 5.74) is 3.48. The molecular formula is C26H30N2O4. The normalized spacial score (nSPS) is 18.9. The maximum absolute atomic E-state index is 12.2. The Labute approximate surface area is 189 Å². The number of nitrogens with one attached hydrogen (secondary N) is 1. The van der Waals surface area contributed by atoms with E-state index in [1.807, 2.05) is 61.5 Å². The van der Waals surface area contributed by atoms with Crippen LogP contribution in [0.5, 0.6) is 5.75 Å². The molecule has 2 aromatic rings. The van der Waals surface area contributed by atoms with E-state index in [0.29, 0.717) is 31.6 Å². The number of ether oxygens (including phenoxy) is 1. The van der Waals surface area contributed by atoms with Crippen molar-refractivity contribution < 1.29 is 19.4 Å². The first-order chi connectivity index (χ1) is 15.5. The van der Waals surface area contributed by atoms with E-state index >= 15 is 0 Å². The van der Waals surface area contributed by atoms with Crippen molar-refractivity contribution in [2.24, 2.45) is 10.9 Å². The predicted molar refractivity (Wildman–Crippen MR) is 126 cm³/mol. The van der Waals surface area contributed by atoms with Crippen LogP contribution in [0.25, 0.3) is 5.70 Å². The Morgan fingerprint density at radius 1 is 1.12 bits per heavy atom. The van der Waals surface area contributed by atoms with Gasteiger partial charge in [-0.2, -0.15) is 0 Å². The lowest BCUT2D eigenvalue weighted by molar-refractivity contribution is -0.143. The number of nitrogens with zero attached hydrogens (tertiary/aromatic N) is 1. The lowest BCUT2D eigenvalue weighted by Gasteiger charge is -2.27. The van der Waals surface area contributed by atoms with Crippen molar-refractivity contribution in [2.75, 3.05) is 6.54 Å². The van der Waals surface area contributed by atoms with E-state index in [-0.39, 0.29) is 17.9 Å². The summed E-state index contributed by atoms with van der Waals surface area (Å²) in [5.74, 6) is -0.407. The molecule has 0 bridgehead atoms. The first-order valence-corrected chi connectivity index (χ1v) is 10.9. The van der Waals surface area contributed by atoms with Crippen LogP contribution in [0.2, 0.25) is 0 Å². The minimum Gasteiger partial charge on any atom is -0.490 e. The van der Waals surface area contributed by atoms with Gasteiger partial charge in [-0.1, -0.05) is 30.3 Å². The third kappa shape index (κ3) is 6.54. The number of aliphatic carboxylic acids is 1. The molecule has 3 rings (SSSR count). The quantitative estimate of drug-likeness (QED) is 0.569. The van der Waals surface area contributed by atoms with Gasteiger partial charge >= 0.3 is 5.97 Å². The van der Waals surface area contributed by atoms with Gasteiger partial charge in [0.15, 0.2) is 0 Å². The number of carboxylic acids is 1. The van der Waals surface area contributed by atoms with Gasteiger partial charge in [0.25, 0.3) is 0 Å². The highest BCUT2D eigenvalue weighted by molar-refractivity contribution is 5.79. The second-order valence-corrected chi connectivity index (χ2v) is 8.19. The number of amides is 1. The lowest BCUT2D eigenvalue weighted by Crippen LogP contribution is -2.29. The van der Waals surface area contributed by atoms with Gasteiger partial charge < -0.3 is 15.2 Å². The molecule has 1 saturated carbocycles. The van der Waals surface area contributed by atoms with Gasteiger partial charge in [-0.25, -0.2) is 0 Å². The van der Waals surface area contributed by atoms with E-state index in [4.69, 9.17) is 4.74 Å². The second-order valence-electron chi connectivity index (χ2n) is 8.19. The number of carbonyl (C=O) groups excluding carboxylic acids is 1. The first kappa shape index (κ1) is 23.3. The Kier molecular flexibility index (Phi) is 8.20. The second kappa shape index (κ2) is 11.3. The van der Waals surface area contributed by atoms with Crippen molar-refractivity contribution in [1.29, 1.82) is 0 Å². The van der Waals surface area contributed by atoms with Gasteiger partial charge in [0.2, 0.25) is 5.91 Å². The molecule has 2 aromatic carbocycles. The number of rotatable bonds is 9. The Bertz CT molecular complexity index is 967. The van der Waals surface area contributed by atoms with Crippen molar-refractivity contribution in [3.63, 3.8) is 0 Å². The number of aliphatic imine (C=N–C) groups is 1. The van der Waals surface area contributed by atoms with Gasteiger partial charge in [0.05, 0.1) is 24.1 Å². The summed E-state index contributed by atoms with van der Waals surface area (Å²) in [7, 11) is 0. The van der Waals surface area contributed by atoms with Crippen LogP contribution in [0.1, 0.15) is 43.7 Å². The summed E-state index contributed by atoms with van der Waals surface area (Å²) in [6, 6.07) is 17.2. The van der Waals surface area contributed by atoms with Crippen molar-refractivity contribution in [2.45, 2.75) is 45.1 Å². The molecule has 0 radical (unpaired) electrons. The molecule has 2 N–H and O–H groups in total. The van der Waals surface area contributed by atoms with Gasteiger partial charge in [0.1, 0.15) is 5.75 Å². The molecule has 0 saturated heterocycles. The Morgan fingerprint density at radius 3 is 2.50 bits per heavy atom. The number of hydrogen-bond donors (Lipinski definition) is 2. The molecule has 0 aromatic heterocycles. The van der Waals surface area contributed by atoms with E-state index in [9.17, 15) is 14.7 Å². The maximum Gasteiger partial charge on any atom is 0.306 e. The molecule has 0 heterocycles. The number of hydrogen-bond acceptors (Lipinski definition) is 4. The highest BCUT2D eigenvalue weighted by Gasteiger charge is 2.28. The van der Waals surface area contributed by atoms with Crippen LogP contribution in [-0.4, -0.2) is 36.3 Å². The van der Waals surface area contributed by atoms with Crippen LogP contribution in [0.3, 0.4) is 0 Å². The number of carbonyl (C=O) groups is 2. The van der Waals surface area contributed by atoms with Crippen molar-refractivity contribution >= 4 is 24.3 Å². The van der Waals surface area contributed by atoms with E-state index < -0.39 is 5.97 Å².